The lowest BCUT2D eigenvalue weighted by molar-refractivity contribution is -0.144. The molecular weight excluding hydrogens is 340 g/mol. The summed E-state index contributed by atoms with van der Waals surface area (Å²) in [5.74, 6) is 2.42. The zero-order chi connectivity index (χ0) is 17.7. The maximum atomic E-state index is 13.1. The number of anilines is 1. The van der Waals surface area contributed by atoms with Crippen molar-refractivity contribution < 1.29 is 4.79 Å². The fourth-order valence-electron chi connectivity index (χ4n) is 6.11. The van der Waals surface area contributed by atoms with Crippen LogP contribution in [0.15, 0.2) is 42.5 Å². The van der Waals surface area contributed by atoms with Crippen LogP contribution in [0.5, 0.6) is 0 Å². The largest absolute Gasteiger partial charge is 0.332 e. The van der Waals surface area contributed by atoms with Gasteiger partial charge in [0, 0.05) is 11.1 Å². The molecule has 0 aromatic heterocycles. The molecule has 2 N–H and O–H groups in total. The zero-order valence-corrected chi connectivity index (χ0v) is 15.6. The van der Waals surface area contributed by atoms with E-state index in [1.165, 1.54) is 19.3 Å². The summed E-state index contributed by atoms with van der Waals surface area (Å²) in [5, 5.41) is 8.97. The molecule has 3 nitrogen and oxygen atoms in total. The van der Waals surface area contributed by atoms with Crippen LogP contribution in [0.3, 0.4) is 0 Å². The standard InChI is InChI=1S/C22H24N2OS/c25-20(22-11-14-8-15(12-22)10-16(9-14)13-22)24-21(26)23-19-7-3-5-17-4-1-2-6-18(17)19/h1-7,14-16H,8-13H2,(H2,23,24,25,26). The minimum atomic E-state index is -0.167. The number of carbonyl (C=O) groups excluding carboxylic acids is 1. The van der Waals surface area contributed by atoms with E-state index in [9.17, 15) is 4.79 Å². The van der Waals surface area contributed by atoms with E-state index in [-0.39, 0.29) is 11.3 Å². The molecule has 2 aromatic carbocycles. The van der Waals surface area contributed by atoms with Crippen LogP contribution in [0.1, 0.15) is 38.5 Å². The van der Waals surface area contributed by atoms with Gasteiger partial charge < -0.3 is 10.6 Å². The maximum Gasteiger partial charge on any atom is 0.232 e. The average Bonchev–Trinajstić information content (AvgIpc) is 2.61. The van der Waals surface area contributed by atoms with E-state index >= 15 is 0 Å². The molecule has 4 saturated carbocycles. The summed E-state index contributed by atoms with van der Waals surface area (Å²) in [6.07, 6.45) is 7.19. The molecule has 4 aliphatic rings. The fourth-order valence-corrected chi connectivity index (χ4v) is 6.32. The van der Waals surface area contributed by atoms with Crippen LogP contribution in [0.4, 0.5) is 5.69 Å². The molecule has 0 atom stereocenters. The molecular formula is C22H24N2OS. The highest BCUT2D eigenvalue weighted by Crippen LogP contribution is 2.60. The van der Waals surface area contributed by atoms with E-state index in [0.29, 0.717) is 5.11 Å². The first-order valence-electron chi connectivity index (χ1n) is 9.71. The van der Waals surface area contributed by atoms with E-state index in [4.69, 9.17) is 12.2 Å². The number of benzene rings is 2. The third kappa shape index (κ3) is 2.71. The van der Waals surface area contributed by atoms with Crippen LogP contribution in [0.25, 0.3) is 10.8 Å². The predicted molar refractivity (Wildman–Crippen MR) is 109 cm³/mol. The van der Waals surface area contributed by atoms with Crippen molar-refractivity contribution in [1.29, 1.82) is 0 Å². The van der Waals surface area contributed by atoms with Crippen LogP contribution in [-0.4, -0.2) is 11.0 Å². The normalized spacial score (nSPS) is 31.8. The van der Waals surface area contributed by atoms with Crippen molar-refractivity contribution in [1.82, 2.24) is 5.32 Å². The summed E-state index contributed by atoms with van der Waals surface area (Å²) in [6.45, 7) is 0. The first-order chi connectivity index (χ1) is 12.6. The molecule has 4 aliphatic carbocycles. The second-order valence-corrected chi connectivity index (χ2v) is 9.04. The Kier molecular flexibility index (Phi) is 3.78. The topological polar surface area (TPSA) is 41.1 Å². The van der Waals surface area contributed by atoms with Crippen LogP contribution >= 0.6 is 12.2 Å². The number of hydrogen-bond acceptors (Lipinski definition) is 2. The zero-order valence-electron chi connectivity index (χ0n) is 14.8. The van der Waals surface area contributed by atoms with Crippen molar-refractivity contribution in [2.45, 2.75) is 38.5 Å². The lowest BCUT2D eigenvalue weighted by Crippen LogP contribution is -2.55. The molecule has 4 bridgehead atoms. The number of hydrogen-bond donors (Lipinski definition) is 2. The van der Waals surface area contributed by atoms with E-state index in [2.05, 4.69) is 28.8 Å². The van der Waals surface area contributed by atoms with Gasteiger partial charge in [0.15, 0.2) is 5.11 Å². The van der Waals surface area contributed by atoms with Gasteiger partial charge in [-0.25, -0.2) is 0 Å². The molecule has 0 radical (unpaired) electrons. The number of amides is 1. The Labute approximate surface area is 159 Å². The third-order valence-electron chi connectivity index (χ3n) is 6.78. The van der Waals surface area contributed by atoms with Gasteiger partial charge in [-0.15, -0.1) is 0 Å². The minimum absolute atomic E-state index is 0.148. The van der Waals surface area contributed by atoms with Crippen molar-refractivity contribution in [2.24, 2.45) is 23.2 Å². The Balaban J connectivity index is 1.32. The highest BCUT2D eigenvalue weighted by Gasteiger charge is 2.54. The summed E-state index contributed by atoms with van der Waals surface area (Å²) in [7, 11) is 0. The lowest BCUT2D eigenvalue weighted by Gasteiger charge is -2.55. The van der Waals surface area contributed by atoms with E-state index in [1.807, 2.05) is 24.3 Å². The average molecular weight is 365 g/mol. The van der Waals surface area contributed by atoms with Gasteiger partial charge in [0.25, 0.3) is 0 Å². The smallest absolute Gasteiger partial charge is 0.232 e. The molecule has 0 heterocycles. The molecule has 0 spiro atoms. The van der Waals surface area contributed by atoms with Gasteiger partial charge in [-0.1, -0.05) is 36.4 Å². The molecule has 134 valence electrons. The fraction of sp³-hybridized carbons (Fsp3) is 0.455. The molecule has 1 amide bonds. The molecule has 2 aromatic rings. The molecule has 0 saturated heterocycles. The minimum Gasteiger partial charge on any atom is -0.332 e. The highest BCUT2D eigenvalue weighted by atomic mass is 32.1. The summed E-state index contributed by atoms with van der Waals surface area (Å²) in [5.41, 5.74) is 0.776. The maximum absolute atomic E-state index is 13.1. The van der Waals surface area contributed by atoms with Crippen LogP contribution in [-0.2, 0) is 4.79 Å². The summed E-state index contributed by atoms with van der Waals surface area (Å²) >= 11 is 5.49. The second kappa shape index (κ2) is 6.05. The Morgan fingerprint density at radius 1 is 0.923 bits per heavy atom. The highest BCUT2D eigenvalue weighted by molar-refractivity contribution is 7.80. The van der Waals surface area contributed by atoms with E-state index < -0.39 is 0 Å². The van der Waals surface area contributed by atoms with Gasteiger partial charge >= 0.3 is 0 Å². The van der Waals surface area contributed by atoms with Gasteiger partial charge in [0.1, 0.15) is 0 Å². The van der Waals surface area contributed by atoms with Crippen molar-refractivity contribution in [2.75, 3.05) is 5.32 Å². The van der Waals surface area contributed by atoms with Gasteiger partial charge in [0.05, 0.1) is 5.41 Å². The quantitative estimate of drug-likeness (QED) is 0.747. The van der Waals surface area contributed by atoms with Crippen LogP contribution < -0.4 is 10.6 Å². The summed E-state index contributed by atoms with van der Waals surface area (Å²) < 4.78 is 0. The van der Waals surface area contributed by atoms with Crippen LogP contribution in [0.2, 0.25) is 0 Å². The number of nitrogens with one attached hydrogen (secondary N) is 2. The summed E-state index contributed by atoms with van der Waals surface area (Å²) in [4.78, 5) is 13.1. The Bertz CT molecular complexity index is 850. The Morgan fingerprint density at radius 3 is 2.23 bits per heavy atom. The van der Waals surface area contributed by atoms with Crippen molar-refractivity contribution >= 4 is 39.7 Å². The monoisotopic (exact) mass is 364 g/mol. The second-order valence-electron chi connectivity index (χ2n) is 8.63. The predicted octanol–water partition coefficient (Wildman–Crippen LogP) is 4.87. The van der Waals surface area contributed by atoms with E-state index in [0.717, 1.165) is 53.5 Å². The number of fused-ring (bicyclic) bond motifs is 1. The van der Waals surface area contributed by atoms with E-state index in [1.54, 1.807) is 0 Å². The first-order valence-corrected chi connectivity index (χ1v) is 10.1. The molecule has 6 rings (SSSR count). The number of thiocarbonyl (C=S) groups is 1. The molecule has 0 aliphatic heterocycles. The molecule has 4 fully saturated rings. The molecule has 4 heteroatoms. The van der Waals surface area contributed by atoms with Crippen molar-refractivity contribution in [3.8, 4) is 0 Å². The number of rotatable bonds is 2. The summed E-state index contributed by atoms with van der Waals surface area (Å²) in [6, 6.07) is 14.3. The van der Waals surface area contributed by atoms with Gasteiger partial charge in [-0.2, -0.15) is 0 Å². The van der Waals surface area contributed by atoms with Gasteiger partial charge in [0.2, 0.25) is 5.91 Å². The van der Waals surface area contributed by atoms with Gasteiger partial charge in [-0.3, -0.25) is 4.79 Å². The van der Waals surface area contributed by atoms with Crippen LogP contribution in [0, 0.1) is 23.2 Å². The molecule has 0 unspecified atom stereocenters. The van der Waals surface area contributed by atoms with Gasteiger partial charge in [-0.05, 0) is 79.9 Å². The Morgan fingerprint density at radius 2 is 1.54 bits per heavy atom. The lowest BCUT2D eigenvalue weighted by atomic mass is 9.49. The SMILES string of the molecule is O=C(NC(=S)Nc1cccc2ccccc12)C12CC3CC(CC(C3)C1)C2. The molecule has 26 heavy (non-hydrogen) atoms. The van der Waals surface area contributed by atoms with Crippen molar-refractivity contribution in [3.05, 3.63) is 42.5 Å². The van der Waals surface area contributed by atoms with Crippen molar-refractivity contribution in [3.63, 3.8) is 0 Å². The third-order valence-corrected chi connectivity index (χ3v) is 6.99. The number of carbonyl (C=O) groups is 1. The first kappa shape index (κ1) is 16.2. The Hall–Kier alpha value is -1.94.